The van der Waals surface area contributed by atoms with E-state index >= 15 is 8.63 Å². The molecule has 1 amide bonds. The number of rotatable bonds is 34. The van der Waals surface area contributed by atoms with Crippen LogP contribution in [0.15, 0.2) is 84.1 Å². The van der Waals surface area contributed by atoms with Gasteiger partial charge in [-0.15, -0.1) is 0 Å². The van der Waals surface area contributed by atoms with Crippen molar-refractivity contribution in [1.29, 1.82) is 0 Å². The van der Waals surface area contributed by atoms with Crippen LogP contribution in [0.25, 0.3) is 6.08 Å². The Morgan fingerprint density at radius 2 is 1.45 bits per heavy atom. The fraction of sp³-hybridized carbons (Fsp3) is 0.508. The van der Waals surface area contributed by atoms with Gasteiger partial charge in [0.05, 0.1) is 34.8 Å². The van der Waals surface area contributed by atoms with Crippen LogP contribution in [-0.2, 0) is 46.5 Å². The van der Waals surface area contributed by atoms with Crippen LogP contribution in [0.5, 0.6) is 5.75 Å². The van der Waals surface area contributed by atoms with E-state index in [4.69, 9.17) is 4.74 Å². The van der Waals surface area contributed by atoms with Crippen LogP contribution in [0, 0.1) is 5.92 Å². The van der Waals surface area contributed by atoms with Gasteiger partial charge in [0.25, 0.3) is 0 Å². The normalized spacial score (nSPS) is 14.8. The number of Topliss-reactive ketones (excluding diaryl/α,β-unsaturated/α-hetero) is 3. The summed E-state index contributed by atoms with van der Waals surface area (Å²) in [7, 11) is 7.95. The minimum atomic E-state index is -4.21. The topological polar surface area (TPSA) is 135 Å². The standard InChI is InChI=1S/C65H86B2F2N4O7/c1-8-21-50-41-53(27-20-40-73(4,5)6)71-59(50)45-60-51(22-9-2)42-54(72(60)67(71,68)69)35-36-56(75)43-47(10-3)65(78)70-39-19-18-29-55(74)28-16-17-30-61(76)58-44-52(64(80-7)62-57(58)37-38-66(62)79)26-15-14-23-46-31-33-49(34-32-46)63(77)48-24-12-11-13-25-48/h11-13,24-25,31-34,41-42,44-45,47,79H,8-10,14-23,26-30,35-40,43H2,1-7H3/p+1. The highest BCUT2D eigenvalue weighted by Gasteiger charge is 2.54. The lowest BCUT2D eigenvalue weighted by molar-refractivity contribution is -0.870. The van der Waals surface area contributed by atoms with Crippen LogP contribution in [0.4, 0.5) is 8.63 Å². The molecule has 1 aromatic heterocycles. The number of methoxy groups -OCH3 is 1. The molecular weight excluding hydrogens is 1010 g/mol. The highest BCUT2D eigenvalue weighted by atomic mass is 19.2. The van der Waals surface area contributed by atoms with Gasteiger partial charge in [0.15, 0.2) is 17.3 Å². The van der Waals surface area contributed by atoms with Crippen molar-refractivity contribution in [2.24, 2.45) is 5.92 Å². The largest absolute Gasteiger partial charge is 0.737 e. The summed E-state index contributed by atoms with van der Waals surface area (Å²) in [5.74, 6) is -0.0906. The highest BCUT2D eigenvalue weighted by Crippen LogP contribution is 2.40. The molecule has 2 N–H and O–H groups in total. The Balaban J connectivity index is 0.828. The fourth-order valence-electron chi connectivity index (χ4n) is 12.1. The molecule has 0 spiro atoms. The van der Waals surface area contributed by atoms with Crippen molar-refractivity contribution < 1.29 is 51.3 Å². The van der Waals surface area contributed by atoms with Crippen LogP contribution in [0.2, 0.25) is 6.32 Å². The summed E-state index contributed by atoms with van der Waals surface area (Å²) in [5, 5.41) is 14.0. The molecular formula is C65H87B2F2N4O7+. The highest BCUT2D eigenvalue weighted by molar-refractivity contribution is 6.69. The van der Waals surface area contributed by atoms with Crippen LogP contribution in [-0.4, -0.2) is 108 Å². The van der Waals surface area contributed by atoms with Crippen molar-refractivity contribution in [3.8, 4) is 5.75 Å². The SMILES string of the molecule is CCCC1=CC(CCC(=O)CC(CC)C(=O)NCCCCC(=O)CCCCC(=O)c2cc(CCCCc3ccc(C(=O)c4ccccc4)cc3)c(OC)c3c2CCB3O)=[N+]2C1=Cc1c(CCC)cc(CCC[N+](C)(C)C)n1[B-]2(F)F. The second kappa shape index (κ2) is 28.6. The molecule has 0 aliphatic carbocycles. The number of amides is 1. The molecule has 11 nitrogen and oxygen atoms in total. The Morgan fingerprint density at radius 3 is 2.14 bits per heavy atom. The lowest BCUT2D eigenvalue weighted by Crippen LogP contribution is -2.51. The zero-order valence-electron chi connectivity index (χ0n) is 48.9. The van der Waals surface area contributed by atoms with Gasteiger partial charge < -0.3 is 37.2 Å². The number of aryl methyl sites for hydroxylation is 4. The summed E-state index contributed by atoms with van der Waals surface area (Å²) < 4.78 is 43.4. The van der Waals surface area contributed by atoms with Gasteiger partial charge in [0, 0.05) is 97.5 Å². The van der Waals surface area contributed by atoms with Gasteiger partial charge >= 0.3 is 13.9 Å². The molecule has 3 aliphatic rings. The molecule has 0 saturated heterocycles. The third-order valence-corrected chi connectivity index (χ3v) is 16.4. The van der Waals surface area contributed by atoms with Crippen LogP contribution in [0.3, 0.4) is 0 Å². The van der Waals surface area contributed by atoms with Crippen LogP contribution < -0.4 is 15.5 Å². The first-order valence-corrected chi connectivity index (χ1v) is 30.0. The molecule has 1 unspecified atom stereocenters. The number of ketones is 4. The van der Waals surface area contributed by atoms with Gasteiger partial charge in [-0.2, -0.15) is 0 Å². The predicted octanol–water partition coefficient (Wildman–Crippen LogP) is 11.5. The molecule has 1 atom stereocenters. The van der Waals surface area contributed by atoms with Gasteiger partial charge in [-0.05, 0) is 135 Å². The summed E-state index contributed by atoms with van der Waals surface area (Å²) in [5.41, 5.74) is 9.71. The second-order valence-corrected chi connectivity index (χ2v) is 23.6. The number of hydrogen-bond acceptors (Lipinski definition) is 7. The molecule has 80 heavy (non-hydrogen) atoms. The van der Waals surface area contributed by atoms with Crippen molar-refractivity contribution in [2.45, 2.75) is 168 Å². The number of allylic oxidation sites excluding steroid dienone is 2. The predicted molar refractivity (Wildman–Crippen MR) is 319 cm³/mol. The van der Waals surface area contributed by atoms with E-state index in [0.29, 0.717) is 135 Å². The van der Waals surface area contributed by atoms with E-state index in [2.05, 4.69) is 33.4 Å². The third kappa shape index (κ3) is 15.5. The van der Waals surface area contributed by atoms with E-state index in [-0.39, 0.29) is 48.3 Å². The third-order valence-electron chi connectivity index (χ3n) is 16.4. The number of nitrogens with one attached hydrogen (secondary N) is 1. The Hall–Kier alpha value is -6.05. The fourth-order valence-corrected chi connectivity index (χ4v) is 12.1. The summed E-state index contributed by atoms with van der Waals surface area (Å²) in [6.45, 7) is 2.34. The number of quaternary nitrogens is 1. The molecule has 0 radical (unpaired) electrons. The lowest BCUT2D eigenvalue weighted by Gasteiger charge is -2.32. The maximum atomic E-state index is 17.1. The summed E-state index contributed by atoms with van der Waals surface area (Å²) >= 11 is 0. The number of fused-ring (bicyclic) bond motifs is 3. The molecule has 0 bridgehead atoms. The molecule has 15 heteroatoms. The van der Waals surface area contributed by atoms with Gasteiger partial charge in [0.2, 0.25) is 5.91 Å². The maximum Gasteiger partial charge on any atom is 0.737 e. The van der Waals surface area contributed by atoms with E-state index in [1.54, 1.807) is 7.11 Å². The summed E-state index contributed by atoms with van der Waals surface area (Å²) in [6.07, 6.45) is 16.7. The monoisotopic (exact) mass is 1100 g/mol. The molecule has 7 rings (SSSR count). The minimum Gasteiger partial charge on any atom is -0.497 e. The Bertz CT molecular complexity index is 2960. The number of carbonyl (C=O) groups excluding carboxylic acids is 5. The Kier molecular flexibility index (Phi) is 22.0. The number of benzene rings is 3. The number of nitrogens with zero attached hydrogens (tertiary/aromatic N) is 3. The van der Waals surface area contributed by atoms with Crippen LogP contribution in [0.1, 0.15) is 190 Å². The van der Waals surface area contributed by atoms with Crippen molar-refractivity contribution in [2.75, 3.05) is 41.3 Å². The Labute approximate surface area is 475 Å². The number of aromatic nitrogens is 1. The molecule has 0 saturated carbocycles. The molecule has 3 aliphatic heterocycles. The first kappa shape index (κ1) is 61.6. The summed E-state index contributed by atoms with van der Waals surface area (Å²) in [4.78, 5) is 66.4. The number of hydrogen-bond donors (Lipinski definition) is 2. The first-order valence-electron chi connectivity index (χ1n) is 30.0. The molecule has 428 valence electrons. The number of ether oxygens (including phenoxy) is 1. The zero-order valence-corrected chi connectivity index (χ0v) is 48.9. The van der Waals surface area contributed by atoms with E-state index < -0.39 is 19.8 Å². The van der Waals surface area contributed by atoms with E-state index in [9.17, 15) is 29.0 Å². The number of halogens is 2. The minimum absolute atomic E-state index is 0.000849. The van der Waals surface area contributed by atoms with E-state index in [1.807, 2.05) is 92.7 Å². The molecule has 4 aromatic rings. The van der Waals surface area contributed by atoms with Crippen molar-refractivity contribution >= 4 is 60.2 Å². The Morgan fingerprint density at radius 1 is 0.762 bits per heavy atom. The number of carbonyl (C=O) groups is 5. The van der Waals surface area contributed by atoms with E-state index in [1.165, 1.54) is 8.96 Å². The van der Waals surface area contributed by atoms with Crippen LogP contribution >= 0.6 is 0 Å². The average Bonchev–Trinajstić information content (AvgIpc) is 4.30. The van der Waals surface area contributed by atoms with Crippen molar-refractivity contribution in [3.05, 3.63) is 134 Å². The first-order chi connectivity index (χ1) is 38.4. The van der Waals surface area contributed by atoms with Crippen molar-refractivity contribution in [1.82, 2.24) is 9.79 Å². The summed E-state index contributed by atoms with van der Waals surface area (Å²) in [6, 6.07) is 21.0. The van der Waals surface area contributed by atoms with E-state index in [0.717, 1.165) is 89.3 Å². The smallest absolute Gasteiger partial charge is 0.497 e. The van der Waals surface area contributed by atoms with Crippen molar-refractivity contribution in [3.63, 3.8) is 0 Å². The zero-order chi connectivity index (χ0) is 57.6. The second-order valence-electron chi connectivity index (χ2n) is 23.6. The molecule has 0 fully saturated rings. The van der Waals surface area contributed by atoms with Gasteiger partial charge in [-0.1, -0.05) is 88.2 Å². The maximum absolute atomic E-state index is 17.1. The van der Waals surface area contributed by atoms with Gasteiger partial charge in [-0.25, -0.2) is 0 Å². The van der Waals surface area contributed by atoms with Gasteiger partial charge in [-0.3, -0.25) is 24.0 Å². The molecule has 3 aromatic carbocycles. The quantitative estimate of drug-likeness (QED) is 0.0206. The average molecular weight is 1100 g/mol. The lowest BCUT2D eigenvalue weighted by atomic mass is 9.62. The molecule has 4 heterocycles. The number of unbranched alkanes of at least 4 members (excludes halogenated alkanes) is 3. The van der Waals surface area contributed by atoms with Gasteiger partial charge in [0.1, 0.15) is 23.0 Å².